The van der Waals surface area contributed by atoms with Gasteiger partial charge in [0.2, 0.25) is 0 Å². The lowest BCUT2D eigenvalue weighted by Crippen LogP contribution is -2.44. The molecule has 146 valence electrons. The Morgan fingerprint density at radius 1 is 1.25 bits per heavy atom. The van der Waals surface area contributed by atoms with Crippen LogP contribution in [0.4, 0.5) is 4.39 Å². The lowest BCUT2D eigenvalue weighted by atomic mass is 10.0. The molecule has 1 aromatic heterocycles. The van der Waals surface area contributed by atoms with E-state index in [2.05, 4.69) is 21.3 Å². The van der Waals surface area contributed by atoms with E-state index < -0.39 is 0 Å². The molecule has 2 aromatic carbocycles. The Morgan fingerprint density at radius 2 is 2.04 bits per heavy atom. The van der Waals surface area contributed by atoms with Gasteiger partial charge in [0.1, 0.15) is 5.82 Å². The number of aromatic amines is 1. The molecule has 1 aliphatic heterocycles. The maximum Gasteiger partial charge on any atom is 0.253 e. The second-order valence-electron chi connectivity index (χ2n) is 7.47. The zero-order chi connectivity index (χ0) is 19.7. The highest BCUT2D eigenvalue weighted by atomic mass is 35.5. The summed E-state index contributed by atoms with van der Waals surface area (Å²) in [5, 5.41) is 4.53. The van der Waals surface area contributed by atoms with Gasteiger partial charge < -0.3 is 10.3 Å². The number of aromatic nitrogens is 1. The van der Waals surface area contributed by atoms with Crippen molar-refractivity contribution in [2.75, 3.05) is 13.1 Å². The van der Waals surface area contributed by atoms with Gasteiger partial charge in [-0.1, -0.05) is 23.7 Å². The second-order valence-corrected chi connectivity index (χ2v) is 7.91. The first-order chi connectivity index (χ1) is 13.5. The van der Waals surface area contributed by atoms with E-state index in [4.69, 9.17) is 11.6 Å². The number of aryl methyl sites for hydroxylation is 1. The Balaban J connectivity index is 1.38. The Bertz CT molecular complexity index is 1010. The second kappa shape index (κ2) is 7.94. The fourth-order valence-corrected chi connectivity index (χ4v) is 4.19. The summed E-state index contributed by atoms with van der Waals surface area (Å²) in [7, 11) is 0. The number of benzene rings is 2. The van der Waals surface area contributed by atoms with Crippen molar-refractivity contribution in [1.82, 2.24) is 15.2 Å². The number of likely N-dealkylation sites (tertiary alicyclic amines) is 1. The van der Waals surface area contributed by atoms with Crippen LogP contribution < -0.4 is 5.32 Å². The van der Waals surface area contributed by atoms with Crippen molar-refractivity contribution in [2.24, 2.45) is 0 Å². The molecule has 0 saturated carbocycles. The first kappa shape index (κ1) is 19.0. The summed E-state index contributed by atoms with van der Waals surface area (Å²) in [6.07, 6.45) is 1.78. The Kier molecular flexibility index (Phi) is 5.38. The maximum absolute atomic E-state index is 13.6. The Hall–Kier alpha value is -2.37. The molecule has 1 amide bonds. The quantitative estimate of drug-likeness (QED) is 0.670. The number of piperidine rings is 1. The van der Waals surface area contributed by atoms with Crippen molar-refractivity contribution in [3.05, 3.63) is 70.1 Å². The maximum atomic E-state index is 13.6. The molecule has 4 nitrogen and oxygen atoms in total. The van der Waals surface area contributed by atoms with Crippen LogP contribution in [0.5, 0.6) is 0 Å². The largest absolute Gasteiger partial charge is 0.358 e. The van der Waals surface area contributed by atoms with E-state index in [0.29, 0.717) is 10.9 Å². The van der Waals surface area contributed by atoms with Gasteiger partial charge in [-0.3, -0.25) is 9.69 Å². The van der Waals surface area contributed by atoms with E-state index in [9.17, 15) is 9.18 Å². The van der Waals surface area contributed by atoms with Gasteiger partial charge in [-0.05, 0) is 55.7 Å². The van der Waals surface area contributed by atoms with Crippen LogP contribution in [-0.4, -0.2) is 34.9 Å². The first-order valence-corrected chi connectivity index (χ1v) is 9.93. The third kappa shape index (κ3) is 4.05. The average molecular weight is 400 g/mol. The summed E-state index contributed by atoms with van der Waals surface area (Å²) >= 11 is 6.06. The molecule has 0 spiro atoms. The van der Waals surface area contributed by atoms with E-state index in [-0.39, 0.29) is 17.8 Å². The van der Waals surface area contributed by atoms with Crippen LogP contribution >= 0.6 is 11.6 Å². The summed E-state index contributed by atoms with van der Waals surface area (Å²) < 4.78 is 13.6. The van der Waals surface area contributed by atoms with Crippen LogP contribution in [-0.2, 0) is 6.54 Å². The average Bonchev–Trinajstić information content (AvgIpc) is 2.98. The molecule has 0 unspecified atom stereocenters. The fourth-order valence-electron chi connectivity index (χ4n) is 3.98. The molecular formula is C22H23ClFN3O. The summed E-state index contributed by atoms with van der Waals surface area (Å²) in [5.74, 6) is -0.475. The van der Waals surface area contributed by atoms with Gasteiger partial charge in [0, 0.05) is 47.3 Å². The number of nitrogens with zero attached hydrogens (tertiary/aromatic N) is 1. The van der Waals surface area contributed by atoms with Gasteiger partial charge in [-0.25, -0.2) is 4.39 Å². The number of hydrogen-bond donors (Lipinski definition) is 2. The van der Waals surface area contributed by atoms with E-state index in [1.807, 2.05) is 25.1 Å². The highest BCUT2D eigenvalue weighted by Gasteiger charge is 2.23. The van der Waals surface area contributed by atoms with Gasteiger partial charge in [0.05, 0.1) is 5.56 Å². The number of halogens is 2. The SMILES string of the molecule is Cc1[nH]c2ccc(F)cc2c1C(=O)NC1CCN(Cc2cccc(Cl)c2)CC1. The van der Waals surface area contributed by atoms with Crippen molar-refractivity contribution in [3.8, 4) is 0 Å². The standard InChI is InChI=1S/C22H23ClFN3O/c1-14-21(19-12-17(24)5-6-20(19)25-14)22(28)26-18-7-9-27(10-8-18)13-15-3-2-4-16(23)11-15/h2-6,11-12,18,25H,7-10,13H2,1H3,(H,26,28). The zero-order valence-corrected chi connectivity index (χ0v) is 16.5. The van der Waals surface area contributed by atoms with E-state index in [1.54, 1.807) is 6.07 Å². The van der Waals surface area contributed by atoms with Crippen LogP contribution in [0.2, 0.25) is 5.02 Å². The van der Waals surface area contributed by atoms with Crippen molar-refractivity contribution in [1.29, 1.82) is 0 Å². The van der Waals surface area contributed by atoms with Crippen LogP contribution in [0.3, 0.4) is 0 Å². The minimum atomic E-state index is -0.338. The van der Waals surface area contributed by atoms with Crippen molar-refractivity contribution in [2.45, 2.75) is 32.4 Å². The van der Waals surface area contributed by atoms with Gasteiger partial charge in [0.25, 0.3) is 5.91 Å². The highest BCUT2D eigenvalue weighted by molar-refractivity contribution is 6.30. The molecule has 1 fully saturated rings. The number of carbonyl (C=O) groups is 1. The Morgan fingerprint density at radius 3 is 2.79 bits per heavy atom. The summed E-state index contributed by atoms with van der Waals surface area (Å²) in [6.45, 7) is 4.54. The number of nitrogens with one attached hydrogen (secondary N) is 2. The lowest BCUT2D eigenvalue weighted by Gasteiger charge is -2.32. The summed E-state index contributed by atoms with van der Waals surface area (Å²) in [6, 6.07) is 12.5. The Labute approximate surface area is 168 Å². The molecule has 2 N–H and O–H groups in total. The predicted octanol–water partition coefficient (Wildman–Crippen LogP) is 4.66. The van der Waals surface area contributed by atoms with Crippen molar-refractivity contribution < 1.29 is 9.18 Å². The van der Waals surface area contributed by atoms with E-state index in [1.165, 1.54) is 17.7 Å². The van der Waals surface area contributed by atoms with Gasteiger partial charge in [-0.15, -0.1) is 0 Å². The molecule has 0 aliphatic carbocycles. The van der Waals surface area contributed by atoms with Crippen LogP contribution in [0, 0.1) is 12.7 Å². The smallest absolute Gasteiger partial charge is 0.253 e. The molecule has 4 rings (SSSR count). The van der Waals surface area contributed by atoms with Gasteiger partial charge >= 0.3 is 0 Å². The predicted molar refractivity (Wildman–Crippen MR) is 110 cm³/mol. The molecule has 6 heteroatoms. The molecule has 0 radical (unpaired) electrons. The molecule has 28 heavy (non-hydrogen) atoms. The summed E-state index contributed by atoms with van der Waals surface area (Å²) in [4.78, 5) is 18.4. The van der Waals surface area contributed by atoms with Crippen LogP contribution in [0.15, 0.2) is 42.5 Å². The molecule has 1 saturated heterocycles. The number of fused-ring (bicyclic) bond motifs is 1. The highest BCUT2D eigenvalue weighted by Crippen LogP contribution is 2.24. The van der Waals surface area contributed by atoms with Crippen molar-refractivity contribution >= 4 is 28.4 Å². The first-order valence-electron chi connectivity index (χ1n) is 9.55. The molecule has 0 bridgehead atoms. The number of carbonyl (C=O) groups excluding carboxylic acids is 1. The van der Waals surface area contributed by atoms with Crippen molar-refractivity contribution in [3.63, 3.8) is 0 Å². The zero-order valence-electron chi connectivity index (χ0n) is 15.8. The number of H-pyrrole nitrogens is 1. The molecule has 3 aromatic rings. The minimum Gasteiger partial charge on any atom is -0.358 e. The fraction of sp³-hybridized carbons (Fsp3) is 0.318. The van der Waals surface area contributed by atoms with Crippen LogP contribution in [0.1, 0.15) is 34.5 Å². The lowest BCUT2D eigenvalue weighted by molar-refractivity contribution is 0.0910. The van der Waals surface area contributed by atoms with Gasteiger partial charge in [-0.2, -0.15) is 0 Å². The molecule has 0 atom stereocenters. The third-order valence-corrected chi connectivity index (χ3v) is 5.63. The number of hydrogen-bond acceptors (Lipinski definition) is 2. The third-order valence-electron chi connectivity index (χ3n) is 5.39. The summed E-state index contributed by atoms with van der Waals surface area (Å²) in [5.41, 5.74) is 3.28. The van der Waals surface area contributed by atoms with E-state index >= 15 is 0 Å². The minimum absolute atomic E-state index is 0.126. The topological polar surface area (TPSA) is 48.1 Å². The van der Waals surface area contributed by atoms with Gasteiger partial charge in [0.15, 0.2) is 0 Å². The van der Waals surface area contributed by atoms with E-state index in [0.717, 1.165) is 48.7 Å². The molecular weight excluding hydrogens is 377 g/mol. The number of rotatable bonds is 4. The molecule has 1 aliphatic rings. The number of amides is 1. The molecule has 2 heterocycles. The normalized spacial score (nSPS) is 15.8. The van der Waals surface area contributed by atoms with Crippen LogP contribution in [0.25, 0.3) is 10.9 Å². The monoisotopic (exact) mass is 399 g/mol.